The number of rotatable bonds is 9. The van der Waals surface area contributed by atoms with E-state index >= 15 is 0 Å². The van der Waals surface area contributed by atoms with Gasteiger partial charge in [-0.3, -0.25) is 4.79 Å². The number of ether oxygens (including phenoxy) is 3. The Morgan fingerprint density at radius 2 is 1.14 bits per heavy atom. The molecule has 9 nitrogen and oxygen atoms in total. The molecular weight excluding hydrogens is 466 g/mol. The first-order valence-electron chi connectivity index (χ1n) is 10.9. The highest BCUT2D eigenvalue weighted by molar-refractivity contribution is 6.01. The van der Waals surface area contributed by atoms with E-state index in [1.807, 2.05) is 13.8 Å². The summed E-state index contributed by atoms with van der Waals surface area (Å²) in [6.45, 7) is 3.64. The average molecular weight is 491 g/mol. The number of aliphatic carboxylic acids is 1. The Balaban J connectivity index is 1.89. The van der Waals surface area contributed by atoms with E-state index in [0.717, 1.165) is 11.1 Å². The minimum absolute atomic E-state index is 0.0750. The molecule has 0 bridgehead atoms. The Labute approximate surface area is 207 Å². The molecule has 0 spiro atoms. The summed E-state index contributed by atoms with van der Waals surface area (Å²) in [7, 11) is 1.48. The normalized spacial score (nSPS) is 12.1. The summed E-state index contributed by atoms with van der Waals surface area (Å²) >= 11 is 0. The second-order valence-corrected chi connectivity index (χ2v) is 7.94. The fourth-order valence-corrected chi connectivity index (χ4v) is 3.13. The van der Waals surface area contributed by atoms with E-state index in [1.165, 1.54) is 43.5 Å². The number of methoxy groups -OCH3 is 1. The second-order valence-electron chi connectivity index (χ2n) is 7.94. The molecule has 0 saturated carbocycles. The molecule has 0 aliphatic carbocycles. The number of amides is 1. The van der Waals surface area contributed by atoms with Crippen LogP contribution in [0.25, 0.3) is 0 Å². The molecule has 1 amide bonds. The molecule has 0 fully saturated rings. The van der Waals surface area contributed by atoms with Gasteiger partial charge in [0.05, 0.1) is 18.2 Å². The topological polar surface area (TPSA) is 128 Å². The van der Waals surface area contributed by atoms with Crippen LogP contribution in [0.1, 0.15) is 31.8 Å². The Morgan fingerprint density at radius 1 is 0.694 bits per heavy atom. The van der Waals surface area contributed by atoms with E-state index in [-0.39, 0.29) is 16.8 Å². The zero-order valence-electron chi connectivity index (χ0n) is 19.9. The van der Waals surface area contributed by atoms with Gasteiger partial charge in [-0.2, -0.15) is 0 Å². The fraction of sp³-hybridized carbons (Fsp3) is 0.185. The van der Waals surface area contributed by atoms with Crippen LogP contribution in [0.2, 0.25) is 0 Å². The van der Waals surface area contributed by atoms with Gasteiger partial charge in [-0.05, 0) is 62.4 Å². The Bertz CT molecular complexity index is 1230. The number of nitrogens with one attached hydrogen (secondary N) is 1. The number of hydrogen-bond acceptors (Lipinski definition) is 7. The summed E-state index contributed by atoms with van der Waals surface area (Å²) in [6, 6.07) is 18.7. The Morgan fingerprint density at radius 3 is 1.56 bits per heavy atom. The number of carboxylic acid groups (broad SMARTS) is 1. The highest BCUT2D eigenvalue weighted by Gasteiger charge is 2.41. The van der Waals surface area contributed by atoms with Crippen molar-refractivity contribution in [1.82, 2.24) is 0 Å². The third-order valence-electron chi connectivity index (χ3n) is 5.18. The van der Waals surface area contributed by atoms with Crippen molar-refractivity contribution in [2.45, 2.75) is 26.1 Å². The van der Waals surface area contributed by atoms with Gasteiger partial charge in [0.15, 0.2) is 0 Å². The van der Waals surface area contributed by atoms with E-state index in [1.54, 1.807) is 36.4 Å². The average Bonchev–Trinajstić information content (AvgIpc) is 2.87. The van der Waals surface area contributed by atoms with Gasteiger partial charge < -0.3 is 24.6 Å². The zero-order valence-corrected chi connectivity index (χ0v) is 19.9. The van der Waals surface area contributed by atoms with Crippen molar-refractivity contribution in [3.05, 3.63) is 95.1 Å². The maximum atomic E-state index is 13.1. The van der Waals surface area contributed by atoms with Crippen molar-refractivity contribution in [1.29, 1.82) is 0 Å². The van der Waals surface area contributed by atoms with E-state index in [2.05, 4.69) is 5.32 Å². The van der Waals surface area contributed by atoms with E-state index in [4.69, 9.17) is 14.2 Å². The van der Waals surface area contributed by atoms with Crippen LogP contribution in [0.3, 0.4) is 0 Å². The van der Waals surface area contributed by atoms with Gasteiger partial charge in [0.25, 0.3) is 5.91 Å². The van der Waals surface area contributed by atoms with E-state index < -0.39 is 36.0 Å². The molecule has 9 heteroatoms. The second kappa shape index (κ2) is 11.7. The molecule has 0 saturated heterocycles. The first-order valence-corrected chi connectivity index (χ1v) is 10.9. The SMILES string of the molecule is COc1ccc(NC(=O)[C@@H](OC(=O)c2ccc(C)cc2)[C@@H](OC(=O)c2ccc(C)cc2)C(=O)O)cc1. The van der Waals surface area contributed by atoms with E-state index in [0.29, 0.717) is 5.75 Å². The van der Waals surface area contributed by atoms with Gasteiger partial charge in [0.2, 0.25) is 12.2 Å². The number of carboxylic acids is 1. The molecule has 0 aliphatic rings. The molecule has 3 rings (SSSR count). The van der Waals surface area contributed by atoms with Gasteiger partial charge in [-0.1, -0.05) is 35.4 Å². The summed E-state index contributed by atoms with van der Waals surface area (Å²) < 4.78 is 15.5. The van der Waals surface area contributed by atoms with Crippen LogP contribution in [-0.4, -0.2) is 48.2 Å². The smallest absolute Gasteiger partial charge is 0.349 e. The molecule has 0 radical (unpaired) electrons. The van der Waals surface area contributed by atoms with Crippen LogP contribution in [0, 0.1) is 13.8 Å². The van der Waals surface area contributed by atoms with Crippen molar-refractivity contribution >= 4 is 29.5 Å². The molecule has 186 valence electrons. The number of hydrogen-bond donors (Lipinski definition) is 2. The van der Waals surface area contributed by atoms with Crippen molar-refractivity contribution in [3.8, 4) is 5.75 Å². The summed E-state index contributed by atoms with van der Waals surface area (Å²) in [5.74, 6) is -4.07. The molecule has 36 heavy (non-hydrogen) atoms. The fourth-order valence-electron chi connectivity index (χ4n) is 3.13. The first-order chi connectivity index (χ1) is 17.2. The maximum absolute atomic E-state index is 13.1. The predicted octanol–water partition coefficient (Wildman–Crippen LogP) is 3.79. The van der Waals surface area contributed by atoms with Gasteiger partial charge >= 0.3 is 17.9 Å². The monoisotopic (exact) mass is 491 g/mol. The summed E-state index contributed by atoms with van der Waals surface area (Å²) in [5.41, 5.74) is 2.22. The number of esters is 2. The third kappa shape index (κ3) is 6.69. The number of anilines is 1. The number of carbonyl (C=O) groups excluding carboxylic acids is 3. The quantitative estimate of drug-likeness (QED) is 0.433. The summed E-state index contributed by atoms with van der Waals surface area (Å²) in [5, 5.41) is 12.3. The molecule has 0 unspecified atom stereocenters. The van der Waals surface area contributed by atoms with Crippen LogP contribution in [0.4, 0.5) is 5.69 Å². The maximum Gasteiger partial charge on any atom is 0.349 e. The zero-order chi connectivity index (χ0) is 26.2. The minimum atomic E-state index is -2.12. The van der Waals surface area contributed by atoms with Crippen molar-refractivity contribution < 1.29 is 38.5 Å². The lowest BCUT2D eigenvalue weighted by Crippen LogP contribution is -2.48. The molecule has 0 aromatic heterocycles. The Hall–Kier alpha value is -4.66. The van der Waals surface area contributed by atoms with Crippen molar-refractivity contribution in [2.24, 2.45) is 0 Å². The minimum Gasteiger partial charge on any atom is -0.497 e. The van der Waals surface area contributed by atoms with Gasteiger partial charge in [-0.25, -0.2) is 14.4 Å². The van der Waals surface area contributed by atoms with Gasteiger partial charge in [0.1, 0.15) is 5.75 Å². The van der Waals surface area contributed by atoms with Crippen LogP contribution in [-0.2, 0) is 19.1 Å². The lowest BCUT2D eigenvalue weighted by molar-refractivity contribution is -0.157. The molecule has 2 N–H and O–H groups in total. The highest BCUT2D eigenvalue weighted by Crippen LogP contribution is 2.19. The van der Waals surface area contributed by atoms with Crippen LogP contribution in [0.15, 0.2) is 72.8 Å². The molecule has 0 aliphatic heterocycles. The first kappa shape index (κ1) is 26.0. The van der Waals surface area contributed by atoms with Crippen molar-refractivity contribution in [2.75, 3.05) is 12.4 Å². The summed E-state index contributed by atoms with van der Waals surface area (Å²) in [6.07, 6.45) is -4.11. The molecule has 3 aromatic rings. The van der Waals surface area contributed by atoms with Crippen LogP contribution in [0.5, 0.6) is 5.75 Å². The number of carbonyl (C=O) groups is 4. The lowest BCUT2D eigenvalue weighted by atomic mass is 10.1. The largest absolute Gasteiger partial charge is 0.497 e. The van der Waals surface area contributed by atoms with Gasteiger partial charge in [0, 0.05) is 5.69 Å². The van der Waals surface area contributed by atoms with Crippen LogP contribution < -0.4 is 10.1 Å². The summed E-state index contributed by atoms with van der Waals surface area (Å²) in [4.78, 5) is 50.6. The standard InChI is InChI=1S/C27H25NO8/c1-16-4-8-18(9-5-16)26(32)35-22(24(29)28-20-12-14-21(34-3)15-13-20)23(25(30)31)36-27(33)19-10-6-17(2)7-11-19/h4-15,22-23H,1-3H3,(H,28,29)(H,30,31)/t22-,23+/m0/s1. The molecule has 3 aromatic carbocycles. The third-order valence-corrected chi connectivity index (χ3v) is 5.18. The van der Waals surface area contributed by atoms with Gasteiger partial charge in [-0.15, -0.1) is 0 Å². The van der Waals surface area contributed by atoms with Crippen LogP contribution >= 0.6 is 0 Å². The molecular formula is C27H25NO8. The predicted molar refractivity (Wildman–Crippen MR) is 130 cm³/mol. The van der Waals surface area contributed by atoms with E-state index in [9.17, 15) is 24.3 Å². The number of benzene rings is 3. The Kier molecular flexibility index (Phi) is 8.40. The number of aryl methyl sites for hydroxylation is 2. The van der Waals surface area contributed by atoms with Crippen molar-refractivity contribution in [3.63, 3.8) is 0 Å². The molecule has 0 heterocycles. The lowest BCUT2D eigenvalue weighted by Gasteiger charge is -2.23. The highest BCUT2D eigenvalue weighted by atomic mass is 16.6. The molecule has 2 atom stereocenters.